The molecule has 0 heterocycles. The number of hydrogen-bond acceptors (Lipinski definition) is 9. The molecule has 3 amide bonds. The predicted octanol–water partition coefficient (Wildman–Crippen LogP) is -3.42. The molecule has 184 valence electrons. The Morgan fingerprint density at radius 3 is 2.06 bits per heavy atom. The number of rotatable bonds is 16. The van der Waals surface area contributed by atoms with Crippen LogP contribution < -0.4 is 33.2 Å². The molecule has 15 heteroatoms. The first kappa shape index (κ1) is 29.8. The normalized spacial score (nSPS) is 14.4. The fourth-order valence-corrected chi connectivity index (χ4v) is 3.09. The summed E-state index contributed by atoms with van der Waals surface area (Å²) in [6, 6.07) is -4.56. The van der Waals surface area contributed by atoms with Gasteiger partial charge in [-0.15, -0.1) is 0 Å². The van der Waals surface area contributed by atoms with Crippen LogP contribution in [0.1, 0.15) is 19.3 Å². The SMILES string of the molecule is CSCCC(NC(=O)C(CS)NC(=O)C(N)CO)C(=O)NC(CCCN=C(N)N)C(=O)O. The summed E-state index contributed by atoms with van der Waals surface area (Å²) in [5.74, 6) is -3.07. The van der Waals surface area contributed by atoms with E-state index in [9.17, 15) is 24.3 Å². The molecule has 0 aliphatic rings. The van der Waals surface area contributed by atoms with Crippen molar-refractivity contribution in [1.29, 1.82) is 0 Å². The smallest absolute Gasteiger partial charge is 0.326 e. The van der Waals surface area contributed by atoms with Crippen LogP contribution in [0.5, 0.6) is 0 Å². The summed E-state index contributed by atoms with van der Waals surface area (Å²) in [5.41, 5.74) is 15.9. The van der Waals surface area contributed by atoms with Crippen molar-refractivity contribution in [3.05, 3.63) is 0 Å². The first-order valence-corrected chi connectivity index (χ1v) is 11.8. The van der Waals surface area contributed by atoms with E-state index in [1.54, 1.807) is 0 Å². The fraction of sp³-hybridized carbons (Fsp3) is 0.706. The minimum Gasteiger partial charge on any atom is -0.480 e. The van der Waals surface area contributed by atoms with Crippen molar-refractivity contribution in [2.75, 3.05) is 30.9 Å². The first-order chi connectivity index (χ1) is 15.1. The van der Waals surface area contributed by atoms with Crippen molar-refractivity contribution in [2.45, 2.75) is 43.4 Å². The Balaban J connectivity index is 5.16. The van der Waals surface area contributed by atoms with Crippen molar-refractivity contribution in [2.24, 2.45) is 22.2 Å². The lowest BCUT2D eigenvalue weighted by atomic mass is 10.1. The van der Waals surface area contributed by atoms with Crippen LogP contribution in [-0.4, -0.2) is 94.9 Å². The van der Waals surface area contributed by atoms with E-state index in [4.69, 9.17) is 22.3 Å². The third-order valence-electron chi connectivity index (χ3n) is 4.15. The van der Waals surface area contributed by atoms with Gasteiger partial charge in [0.05, 0.1) is 6.61 Å². The van der Waals surface area contributed by atoms with Gasteiger partial charge < -0.3 is 43.4 Å². The Kier molecular flexibility index (Phi) is 15.3. The third kappa shape index (κ3) is 12.0. The van der Waals surface area contributed by atoms with Crippen molar-refractivity contribution in [1.82, 2.24) is 16.0 Å². The van der Waals surface area contributed by atoms with Gasteiger partial charge in [-0.1, -0.05) is 0 Å². The highest BCUT2D eigenvalue weighted by molar-refractivity contribution is 7.98. The highest BCUT2D eigenvalue weighted by Crippen LogP contribution is 2.05. The molecule has 0 aromatic carbocycles. The average molecular weight is 496 g/mol. The Morgan fingerprint density at radius 1 is 1.00 bits per heavy atom. The van der Waals surface area contributed by atoms with Gasteiger partial charge in [0.25, 0.3) is 0 Å². The van der Waals surface area contributed by atoms with Crippen LogP contribution in [0.15, 0.2) is 4.99 Å². The third-order valence-corrected chi connectivity index (χ3v) is 5.16. The standard InChI is InChI=1S/C17H33N7O6S2/c1-32-6-4-10(22-15(28)12(8-31)24-13(26)9(18)7-25)14(27)23-11(16(29)30)3-2-5-21-17(19)20/h9-12,25,31H,2-8,18H2,1H3,(H,22,28)(H,23,27)(H,24,26)(H,29,30)(H4,19,20,21). The number of carbonyl (C=O) groups excluding carboxylic acids is 3. The van der Waals surface area contributed by atoms with Crippen LogP contribution >= 0.6 is 24.4 Å². The van der Waals surface area contributed by atoms with Crippen LogP contribution in [-0.2, 0) is 19.2 Å². The Labute approximate surface area is 196 Å². The highest BCUT2D eigenvalue weighted by Gasteiger charge is 2.29. The maximum Gasteiger partial charge on any atom is 0.326 e. The van der Waals surface area contributed by atoms with Crippen LogP contribution in [0, 0.1) is 0 Å². The number of carbonyl (C=O) groups is 4. The van der Waals surface area contributed by atoms with Gasteiger partial charge in [-0.05, 0) is 31.3 Å². The maximum atomic E-state index is 12.7. The number of guanidine groups is 1. The molecule has 4 atom stereocenters. The number of aliphatic hydroxyl groups excluding tert-OH is 1. The molecule has 0 saturated carbocycles. The number of carboxylic acids is 1. The van der Waals surface area contributed by atoms with Crippen molar-refractivity contribution < 1.29 is 29.4 Å². The molecule has 32 heavy (non-hydrogen) atoms. The first-order valence-electron chi connectivity index (χ1n) is 9.72. The largest absolute Gasteiger partial charge is 0.480 e. The molecule has 11 N–H and O–H groups in total. The topological polar surface area (TPSA) is 235 Å². The van der Waals surface area contributed by atoms with Crippen LogP contribution in [0.25, 0.3) is 0 Å². The molecule has 0 saturated heterocycles. The minimum atomic E-state index is -1.24. The number of carboxylic acid groups (broad SMARTS) is 1. The fourth-order valence-electron chi connectivity index (χ4n) is 2.37. The number of hydrogen-bond donors (Lipinski definition) is 9. The van der Waals surface area contributed by atoms with Gasteiger partial charge in [0.15, 0.2) is 5.96 Å². The maximum absolute atomic E-state index is 12.7. The van der Waals surface area contributed by atoms with Gasteiger partial charge in [-0.25, -0.2) is 4.79 Å². The van der Waals surface area contributed by atoms with Gasteiger partial charge in [-0.2, -0.15) is 24.4 Å². The van der Waals surface area contributed by atoms with E-state index in [2.05, 4.69) is 33.6 Å². The van der Waals surface area contributed by atoms with Crippen molar-refractivity contribution >= 4 is 54.0 Å². The van der Waals surface area contributed by atoms with E-state index in [0.717, 1.165) is 0 Å². The Morgan fingerprint density at radius 2 is 1.56 bits per heavy atom. The lowest BCUT2D eigenvalue weighted by molar-refractivity contribution is -0.142. The predicted molar refractivity (Wildman–Crippen MR) is 125 cm³/mol. The molecule has 0 radical (unpaired) electrons. The molecule has 0 aliphatic heterocycles. The van der Waals surface area contributed by atoms with Crippen LogP contribution in [0.4, 0.5) is 0 Å². The quantitative estimate of drug-likeness (QED) is 0.0445. The van der Waals surface area contributed by atoms with Gasteiger partial charge in [0, 0.05) is 12.3 Å². The number of aliphatic hydroxyl groups is 1. The molecule has 0 spiro atoms. The Hall–Kier alpha value is -2.23. The van der Waals surface area contributed by atoms with Gasteiger partial charge >= 0.3 is 5.97 Å². The summed E-state index contributed by atoms with van der Waals surface area (Å²) >= 11 is 5.46. The number of nitrogens with two attached hydrogens (primary N) is 3. The summed E-state index contributed by atoms with van der Waals surface area (Å²) in [6.07, 6.45) is 2.43. The van der Waals surface area contributed by atoms with E-state index >= 15 is 0 Å². The van der Waals surface area contributed by atoms with Crippen LogP contribution in [0.2, 0.25) is 0 Å². The second kappa shape index (κ2) is 16.4. The van der Waals surface area contributed by atoms with E-state index < -0.39 is 54.5 Å². The second-order valence-corrected chi connectivity index (χ2v) is 8.07. The second-order valence-electron chi connectivity index (χ2n) is 6.72. The van der Waals surface area contributed by atoms with Gasteiger partial charge in [0.1, 0.15) is 24.2 Å². The number of aliphatic imine (C=N–C) groups is 1. The van der Waals surface area contributed by atoms with Gasteiger partial charge in [0.2, 0.25) is 17.7 Å². The molecule has 0 aliphatic carbocycles. The summed E-state index contributed by atoms with van der Waals surface area (Å²) in [7, 11) is 0. The van der Waals surface area contributed by atoms with Crippen molar-refractivity contribution in [3.8, 4) is 0 Å². The molecule has 4 unspecified atom stereocenters. The van der Waals surface area contributed by atoms with E-state index in [-0.39, 0.29) is 31.1 Å². The molecule has 13 nitrogen and oxygen atoms in total. The average Bonchev–Trinajstić information content (AvgIpc) is 2.75. The summed E-state index contributed by atoms with van der Waals surface area (Å²) in [5, 5.41) is 25.6. The molecular weight excluding hydrogens is 462 g/mol. The summed E-state index contributed by atoms with van der Waals surface area (Å²) in [4.78, 5) is 52.4. The number of thiol groups is 1. The van der Waals surface area contributed by atoms with Gasteiger partial charge in [-0.3, -0.25) is 19.4 Å². The zero-order valence-corrected chi connectivity index (χ0v) is 19.5. The molecule has 0 fully saturated rings. The number of amides is 3. The summed E-state index contributed by atoms with van der Waals surface area (Å²) in [6.45, 7) is -0.404. The number of aliphatic carboxylic acids is 1. The number of nitrogens with one attached hydrogen (secondary N) is 3. The van der Waals surface area contributed by atoms with E-state index in [1.807, 2.05) is 6.26 Å². The molecule has 0 rings (SSSR count). The monoisotopic (exact) mass is 495 g/mol. The zero-order chi connectivity index (χ0) is 24.7. The van der Waals surface area contributed by atoms with Crippen LogP contribution in [0.3, 0.4) is 0 Å². The lowest BCUT2D eigenvalue weighted by Crippen LogP contribution is -2.58. The van der Waals surface area contributed by atoms with Crippen molar-refractivity contribution in [3.63, 3.8) is 0 Å². The molecule has 0 bridgehead atoms. The molecular formula is C17H33N7O6S2. The number of nitrogens with zero attached hydrogens (tertiary/aromatic N) is 1. The lowest BCUT2D eigenvalue weighted by Gasteiger charge is -2.24. The summed E-state index contributed by atoms with van der Waals surface area (Å²) < 4.78 is 0. The van der Waals surface area contributed by atoms with E-state index in [0.29, 0.717) is 12.2 Å². The minimum absolute atomic E-state index is 0.0788. The number of thioether (sulfide) groups is 1. The Bertz CT molecular complexity index is 663. The molecule has 0 aromatic heterocycles. The highest BCUT2D eigenvalue weighted by atomic mass is 32.2. The van der Waals surface area contributed by atoms with E-state index in [1.165, 1.54) is 11.8 Å². The molecule has 0 aromatic rings. The zero-order valence-electron chi connectivity index (χ0n) is 17.8.